The van der Waals surface area contributed by atoms with Gasteiger partial charge in [0.15, 0.2) is 5.78 Å². The molecule has 4 nitrogen and oxygen atoms in total. The number of rotatable bonds is 12. The Balaban J connectivity index is 1.54. The lowest BCUT2D eigenvalue weighted by atomic mass is 9.80. The van der Waals surface area contributed by atoms with E-state index >= 15 is 0 Å². The quantitative estimate of drug-likeness (QED) is 0.287. The summed E-state index contributed by atoms with van der Waals surface area (Å²) >= 11 is 0. The van der Waals surface area contributed by atoms with Gasteiger partial charge in [-0.15, -0.1) is 0 Å². The summed E-state index contributed by atoms with van der Waals surface area (Å²) in [6.45, 7) is 8.23. The average molecular weight is 425 g/mol. The van der Waals surface area contributed by atoms with Crippen LogP contribution in [-0.2, 0) is 0 Å². The van der Waals surface area contributed by atoms with Crippen LogP contribution in [-0.4, -0.2) is 42.4 Å². The van der Waals surface area contributed by atoms with Gasteiger partial charge in [0.05, 0.1) is 12.6 Å². The number of carbonyl (C=O) groups excluding carboxylic acids is 1. The molecule has 0 aliphatic carbocycles. The third-order valence-corrected chi connectivity index (χ3v) is 7.07. The highest BCUT2D eigenvalue weighted by Crippen LogP contribution is 2.31. The molecule has 0 N–H and O–H groups in total. The van der Waals surface area contributed by atoms with Gasteiger partial charge in [-0.1, -0.05) is 46.0 Å². The Labute approximate surface area is 188 Å². The molecule has 4 heteroatoms. The van der Waals surface area contributed by atoms with Crippen LogP contribution >= 0.6 is 0 Å². The smallest absolute Gasteiger partial charge is 0.163 e. The standard InChI is InChI=1S/C27H40N2O2/c1-4-6-7-8-9-17-29-18-15-22(21(5-2)20-29)10-13-27(30)24-14-16-28-26-12-11-23(31-3)19-25(24)26/h11-12,14,16,19,21-22H,4-10,13,15,17-18,20H2,1-3H3/t21-,22+/m0/s1. The number of hydrogen-bond acceptors (Lipinski definition) is 4. The molecule has 3 rings (SSSR count). The van der Waals surface area contributed by atoms with Crippen LogP contribution in [0.2, 0.25) is 0 Å². The van der Waals surface area contributed by atoms with Crippen LogP contribution in [0.5, 0.6) is 5.75 Å². The van der Waals surface area contributed by atoms with Crippen molar-refractivity contribution in [2.45, 2.75) is 71.6 Å². The highest BCUT2D eigenvalue weighted by molar-refractivity contribution is 6.07. The van der Waals surface area contributed by atoms with Gasteiger partial charge >= 0.3 is 0 Å². The summed E-state index contributed by atoms with van der Waals surface area (Å²) in [7, 11) is 1.65. The molecule has 0 amide bonds. The molecule has 0 bridgehead atoms. The van der Waals surface area contributed by atoms with E-state index in [1.807, 2.05) is 24.3 Å². The number of benzene rings is 1. The number of ketones is 1. The summed E-state index contributed by atoms with van der Waals surface area (Å²) < 4.78 is 5.35. The SMILES string of the molecule is CCCCCCCN1CC[C@@H](CCC(=O)c2ccnc3ccc(OC)cc23)[C@@H](CC)C1. The minimum Gasteiger partial charge on any atom is -0.497 e. The summed E-state index contributed by atoms with van der Waals surface area (Å²) in [5.74, 6) is 2.37. The lowest BCUT2D eigenvalue weighted by Gasteiger charge is -2.38. The van der Waals surface area contributed by atoms with Crippen LogP contribution in [0, 0.1) is 11.8 Å². The van der Waals surface area contributed by atoms with Crippen LogP contribution < -0.4 is 4.74 Å². The number of pyridine rings is 1. The molecule has 1 saturated heterocycles. The molecule has 2 aromatic rings. The molecule has 1 aromatic heterocycles. The Morgan fingerprint density at radius 3 is 2.74 bits per heavy atom. The first-order chi connectivity index (χ1) is 15.2. The minimum atomic E-state index is 0.230. The average Bonchev–Trinajstić information content (AvgIpc) is 2.81. The molecule has 1 aliphatic heterocycles. The van der Waals surface area contributed by atoms with Gasteiger partial charge < -0.3 is 9.64 Å². The van der Waals surface area contributed by atoms with Crippen molar-refractivity contribution in [1.29, 1.82) is 0 Å². The van der Waals surface area contributed by atoms with Crippen LogP contribution in [0.15, 0.2) is 30.5 Å². The highest BCUT2D eigenvalue weighted by atomic mass is 16.5. The Morgan fingerprint density at radius 2 is 1.97 bits per heavy atom. The topological polar surface area (TPSA) is 42.4 Å². The molecule has 0 unspecified atom stereocenters. The van der Waals surface area contributed by atoms with Crippen LogP contribution in [0.4, 0.5) is 0 Å². The summed E-state index contributed by atoms with van der Waals surface area (Å²) in [4.78, 5) is 20.2. The van der Waals surface area contributed by atoms with E-state index in [4.69, 9.17) is 4.74 Å². The zero-order valence-corrected chi connectivity index (χ0v) is 19.7. The van der Waals surface area contributed by atoms with E-state index in [1.165, 1.54) is 64.6 Å². The van der Waals surface area contributed by atoms with Gasteiger partial charge in [-0.2, -0.15) is 0 Å². The fraction of sp³-hybridized carbons (Fsp3) is 0.630. The molecule has 0 radical (unpaired) electrons. The van der Waals surface area contributed by atoms with E-state index in [2.05, 4.69) is 23.7 Å². The number of Topliss-reactive ketones (excluding diaryl/α,β-unsaturated/α-hetero) is 1. The van der Waals surface area contributed by atoms with Gasteiger partial charge in [-0.05, 0) is 68.5 Å². The molecule has 170 valence electrons. The van der Waals surface area contributed by atoms with Crippen molar-refractivity contribution in [3.8, 4) is 5.75 Å². The third-order valence-electron chi connectivity index (χ3n) is 7.07. The lowest BCUT2D eigenvalue weighted by molar-refractivity contribution is 0.0899. The molecule has 2 heterocycles. The first kappa shape index (κ1) is 23.7. The molecular formula is C27H40N2O2. The number of hydrogen-bond donors (Lipinski definition) is 0. The number of fused-ring (bicyclic) bond motifs is 1. The number of carbonyl (C=O) groups is 1. The second kappa shape index (κ2) is 12.2. The van der Waals surface area contributed by atoms with Crippen molar-refractivity contribution in [1.82, 2.24) is 9.88 Å². The molecule has 1 fully saturated rings. The zero-order valence-electron chi connectivity index (χ0n) is 19.7. The molecule has 2 atom stereocenters. The van der Waals surface area contributed by atoms with Gasteiger partial charge in [0, 0.05) is 30.1 Å². The van der Waals surface area contributed by atoms with Gasteiger partial charge in [-0.25, -0.2) is 0 Å². The predicted molar refractivity (Wildman–Crippen MR) is 129 cm³/mol. The molecule has 1 aliphatic rings. The maximum atomic E-state index is 13.1. The summed E-state index contributed by atoms with van der Waals surface area (Å²) in [5, 5.41) is 0.900. The second-order valence-electron chi connectivity index (χ2n) is 9.14. The number of aromatic nitrogens is 1. The van der Waals surface area contributed by atoms with Crippen molar-refractivity contribution < 1.29 is 9.53 Å². The van der Waals surface area contributed by atoms with Crippen LogP contribution in [0.1, 0.15) is 82.0 Å². The Hall–Kier alpha value is -1.94. The third kappa shape index (κ3) is 6.52. The van der Waals surface area contributed by atoms with E-state index in [1.54, 1.807) is 13.3 Å². The van der Waals surface area contributed by atoms with Crippen LogP contribution in [0.3, 0.4) is 0 Å². The van der Waals surface area contributed by atoms with Crippen LogP contribution in [0.25, 0.3) is 10.9 Å². The van der Waals surface area contributed by atoms with E-state index in [-0.39, 0.29) is 5.78 Å². The van der Waals surface area contributed by atoms with Crippen molar-refractivity contribution in [2.75, 3.05) is 26.7 Å². The number of piperidine rings is 1. The number of likely N-dealkylation sites (tertiary alicyclic amines) is 1. The maximum absolute atomic E-state index is 13.1. The zero-order chi connectivity index (χ0) is 22.1. The maximum Gasteiger partial charge on any atom is 0.163 e. The highest BCUT2D eigenvalue weighted by Gasteiger charge is 2.28. The fourth-order valence-electron chi connectivity index (χ4n) is 5.09. The van der Waals surface area contributed by atoms with Gasteiger partial charge in [0.1, 0.15) is 5.75 Å². The molecular weight excluding hydrogens is 384 g/mol. The number of unbranched alkanes of at least 4 members (excludes halogenated alkanes) is 4. The Morgan fingerprint density at radius 1 is 1.13 bits per heavy atom. The number of methoxy groups -OCH3 is 1. The lowest BCUT2D eigenvalue weighted by Crippen LogP contribution is -2.40. The van der Waals surface area contributed by atoms with Gasteiger partial charge in [0.2, 0.25) is 0 Å². The van der Waals surface area contributed by atoms with Crippen molar-refractivity contribution >= 4 is 16.7 Å². The molecule has 31 heavy (non-hydrogen) atoms. The largest absolute Gasteiger partial charge is 0.497 e. The van der Waals surface area contributed by atoms with Crippen molar-refractivity contribution in [2.24, 2.45) is 11.8 Å². The second-order valence-corrected chi connectivity index (χ2v) is 9.14. The summed E-state index contributed by atoms with van der Waals surface area (Å²) in [6.07, 6.45) is 12.5. The first-order valence-corrected chi connectivity index (χ1v) is 12.3. The van der Waals surface area contributed by atoms with E-state index < -0.39 is 0 Å². The van der Waals surface area contributed by atoms with Crippen molar-refractivity contribution in [3.05, 3.63) is 36.0 Å². The molecule has 1 aromatic carbocycles. The van der Waals surface area contributed by atoms with Gasteiger partial charge in [-0.3, -0.25) is 9.78 Å². The normalized spacial score (nSPS) is 19.6. The molecule has 0 saturated carbocycles. The number of nitrogens with zero attached hydrogens (tertiary/aromatic N) is 2. The first-order valence-electron chi connectivity index (χ1n) is 12.3. The van der Waals surface area contributed by atoms with E-state index in [9.17, 15) is 4.79 Å². The minimum absolute atomic E-state index is 0.230. The molecule has 0 spiro atoms. The van der Waals surface area contributed by atoms with E-state index in [0.717, 1.165) is 28.6 Å². The van der Waals surface area contributed by atoms with Crippen molar-refractivity contribution in [3.63, 3.8) is 0 Å². The summed E-state index contributed by atoms with van der Waals surface area (Å²) in [6, 6.07) is 7.62. The number of ether oxygens (including phenoxy) is 1. The monoisotopic (exact) mass is 424 g/mol. The Kier molecular flexibility index (Phi) is 9.32. The van der Waals surface area contributed by atoms with E-state index in [0.29, 0.717) is 18.3 Å². The summed E-state index contributed by atoms with van der Waals surface area (Å²) in [5.41, 5.74) is 1.63. The Bertz CT molecular complexity index is 835. The fourth-order valence-corrected chi connectivity index (χ4v) is 5.09. The predicted octanol–water partition coefficient (Wildman–Crippen LogP) is 6.52. The van der Waals surface area contributed by atoms with Gasteiger partial charge in [0.25, 0.3) is 0 Å².